The quantitative estimate of drug-likeness (QED) is 0.852. The predicted molar refractivity (Wildman–Crippen MR) is 93.5 cm³/mol. The highest BCUT2D eigenvalue weighted by atomic mass is 35.5. The van der Waals surface area contributed by atoms with Crippen molar-refractivity contribution in [1.82, 2.24) is 10.2 Å². The second-order valence-electron chi connectivity index (χ2n) is 6.69. The average molecular weight is 353 g/mol. The van der Waals surface area contributed by atoms with Gasteiger partial charge in [-0.05, 0) is 62.4 Å². The first-order valence-electron chi connectivity index (χ1n) is 8.63. The molecule has 132 valence electrons. The zero-order chi connectivity index (χ0) is 16.9. The Morgan fingerprint density at radius 1 is 1.33 bits per heavy atom. The van der Waals surface area contributed by atoms with Crippen LogP contribution in [-0.4, -0.2) is 43.8 Å². The summed E-state index contributed by atoms with van der Waals surface area (Å²) in [4.78, 5) is 13.5. The molecule has 0 radical (unpaired) electrons. The van der Waals surface area contributed by atoms with Gasteiger partial charge in [0.1, 0.15) is 5.75 Å². The van der Waals surface area contributed by atoms with Gasteiger partial charge in [-0.25, -0.2) is 4.79 Å². The van der Waals surface area contributed by atoms with Gasteiger partial charge in [0.2, 0.25) is 0 Å². The van der Waals surface area contributed by atoms with E-state index in [4.69, 9.17) is 16.3 Å². The maximum Gasteiger partial charge on any atom is 0.406 e. The number of ether oxygens (including phenoxy) is 2. The molecule has 1 saturated heterocycles. The predicted octanol–water partition coefficient (Wildman–Crippen LogP) is 3.45. The molecule has 0 unspecified atom stereocenters. The average Bonchev–Trinajstić information content (AvgIpc) is 3.04. The van der Waals surface area contributed by atoms with Gasteiger partial charge < -0.3 is 14.8 Å². The van der Waals surface area contributed by atoms with E-state index in [0.29, 0.717) is 12.5 Å². The fourth-order valence-electron chi connectivity index (χ4n) is 3.34. The zero-order valence-electron chi connectivity index (χ0n) is 14.1. The van der Waals surface area contributed by atoms with E-state index in [1.54, 1.807) is 0 Å². The summed E-state index contributed by atoms with van der Waals surface area (Å²) in [7, 11) is 1.37. The van der Waals surface area contributed by atoms with Crippen molar-refractivity contribution in [3.63, 3.8) is 0 Å². The Kier molecular flexibility index (Phi) is 5.85. The molecule has 1 saturated carbocycles. The second-order valence-corrected chi connectivity index (χ2v) is 7.09. The molecule has 0 bridgehead atoms. The second kappa shape index (κ2) is 8.08. The van der Waals surface area contributed by atoms with Crippen molar-refractivity contribution in [2.75, 3.05) is 26.7 Å². The normalized spacial score (nSPS) is 23.6. The van der Waals surface area contributed by atoms with Crippen molar-refractivity contribution in [2.45, 2.75) is 38.3 Å². The van der Waals surface area contributed by atoms with E-state index in [1.807, 2.05) is 12.1 Å². The number of alkyl carbamates (subject to hydrolysis) is 1. The maximum absolute atomic E-state index is 11.0. The number of hydrogen-bond donors (Lipinski definition) is 1. The number of likely N-dealkylation sites (tertiary alicyclic amines) is 1. The first-order chi connectivity index (χ1) is 11.6. The lowest BCUT2D eigenvalue weighted by atomic mass is 9.82. The van der Waals surface area contributed by atoms with Crippen LogP contribution in [0.4, 0.5) is 4.79 Å². The molecule has 3 rings (SSSR count). The summed E-state index contributed by atoms with van der Waals surface area (Å²) in [5.41, 5.74) is 1.17. The highest BCUT2D eigenvalue weighted by Gasteiger charge is 2.31. The summed E-state index contributed by atoms with van der Waals surface area (Å²) in [5, 5.41) is 3.51. The molecular weight excluding hydrogens is 328 g/mol. The van der Waals surface area contributed by atoms with Crippen LogP contribution in [0.5, 0.6) is 5.75 Å². The SMILES string of the molecule is COC(=O)NCC1CC(Oc2ccc(CN3CCCC3)c(Cl)c2)C1. The Hall–Kier alpha value is -1.46. The van der Waals surface area contributed by atoms with Crippen molar-refractivity contribution in [2.24, 2.45) is 5.92 Å². The molecule has 0 atom stereocenters. The van der Waals surface area contributed by atoms with E-state index in [-0.39, 0.29) is 12.2 Å². The Balaban J connectivity index is 1.43. The van der Waals surface area contributed by atoms with Gasteiger partial charge >= 0.3 is 6.09 Å². The summed E-state index contributed by atoms with van der Waals surface area (Å²) in [6, 6.07) is 6.01. The van der Waals surface area contributed by atoms with Gasteiger partial charge in [0.25, 0.3) is 0 Å². The van der Waals surface area contributed by atoms with Crippen LogP contribution >= 0.6 is 11.6 Å². The minimum Gasteiger partial charge on any atom is -0.490 e. The molecule has 24 heavy (non-hydrogen) atoms. The Morgan fingerprint density at radius 3 is 2.75 bits per heavy atom. The third kappa shape index (κ3) is 4.54. The van der Waals surface area contributed by atoms with Crippen LogP contribution in [0, 0.1) is 5.92 Å². The lowest BCUT2D eigenvalue weighted by Gasteiger charge is -2.35. The first kappa shape index (κ1) is 17.4. The van der Waals surface area contributed by atoms with Crippen LogP contribution in [0.3, 0.4) is 0 Å². The molecule has 0 spiro atoms. The van der Waals surface area contributed by atoms with Crippen molar-refractivity contribution in [3.8, 4) is 5.75 Å². The van der Waals surface area contributed by atoms with Gasteiger partial charge in [0.05, 0.1) is 13.2 Å². The van der Waals surface area contributed by atoms with Gasteiger partial charge in [-0.2, -0.15) is 0 Å². The smallest absolute Gasteiger partial charge is 0.406 e. The van der Waals surface area contributed by atoms with Gasteiger partial charge in [0.15, 0.2) is 0 Å². The number of rotatable bonds is 6. The topological polar surface area (TPSA) is 50.8 Å². The minimum atomic E-state index is -0.375. The van der Waals surface area contributed by atoms with Crippen LogP contribution < -0.4 is 10.1 Å². The maximum atomic E-state index is 11.0. The first-order valence-corrected chi connectivity index (χ1v) is 9.01. The van der Waals surface area contributed by atoms with Crippen LogP contribution in [0.15, 0.2) is 18.2 Å². The number of amides is 1. The number of hydrogen-bond acceptors (Lipinski definition) is 4. The summed E-state index contributed by atoms with van der Waals surface area (Å²) >= 11 is 6.41. The standard InChI is InChI=1S/C18H25ClN2O3/c1-23-18(22)20-11-13-8-16(9-13)24-15-5-4-14(17(19)10-15)12-21-6-2-3-7-21/h4-5,10,13,16H,2-3,6-9,11-12H2,1H3,(H,20,22). The molecule has 5 nitrogen and oxygen atoms in total. The van der Waals surface area contributed by atoms with E-state index in [0.717, 1.165) is 43.2 Å². The lowest BCUT2D eigenvalue weighted by molar-refractivity contribution is 0.0638. The molecular formula is C18H25ClN2O3. The number of halogens is 1. The Bertz CT molecular complexity index is 569. The molecule has 1 aromatic carbocycles. The van der Waals surface area contributed by atoms with Gasteiger partial charge in [-0.3, -0.25) is 4.90 Å². The Labute approximate surface area is 148 Å². The fourth-order valence-corrected chi connectivity index (χ4v) is 3.57. The van der Waals surface area contributed by atoms with E-state index in [2.05, 4.69) is 21.0 Å². The number of carbonyl (C=O) groups excluding carboxylic acids is 1. The zero-order valence-corrected chi connectivity index (χ0v) is 14.8. The van der Waals surface area contributed by atoms with E-state index in [1.165, 1.54) is 25.5 Å². The molecule has 6 heteroatoms. The third-order valence-electron chi connectivity index (χ3n) is 4.83. The molecule has 1 N–H and O–H groups in total. The van der Waals surface area contributed by atoms with Crippen molar-refractivity contribution in [1.29, 1.82) is 0 Å². The van der Waals surface area contributed by atoms with Crippen LogP contribution in [0.2, 0.25) is 5.02 Å². The highest BCUT2D eigenvalue weighted by molar-refractivity contribution is 6.31. The summed E-state index contributed by atoms with van der Waals surface area (Å²) in [5.74, 6) is 1.29. The molecule has 1 aliphatic heterocycles. The van der Waals surface area contributed by atoms with Crippen LogP contribution in [0.1, 0.15) is 31.2 Å². The fraction of sp³-hybridized carbons (Fsp3) is 0.611. The monoisotopic (exact) mass is 352 g/mol. The number of benzene rings is 1. The van der Waals surface area contributed by atoms with E-state index < -0.39 is 0 Å². The van der Waals surface area contributed by atoms with E-state index in [9.17, 15) is 4.79 Å². The molecule has 1 heterocycles. The van der Waals surface area contributed by atoms with Crippen LogP contribution in [-0.2, 0) is 11.3 Å². The molecule has 1 aromatic rings. The van der Waals surface area contributed by atoms with E-state index >= 15 is 0 Å². The molecule has 2 aliphatic rings. The van der Waals surface area contributed by atoms with Crippen LogP contribution in [0.25, 0.3) is 0 Å². The Morgan fingerprint density at radius 2 is 2.08 bits per heavy atom. The summed E-state index contributed by atoms with van der Waals surface area (Å²) in [6.45, 7) is 3.89. The number of carbonyl (C=O) groups is 1. The molecule has 1 aliphatic carbocycles. The number of methoxy groups -OCH3 is 1. The van der Waals surface area contributed by atoms with Gasteiger partial charge in [0, 0.05) is 18.1 Å². The van der Waals surface area contributed by atoms with Gasteiger partial charge in [-0.1, -0.05) is 17.7 Å². The molecule has 0 aromatic heterocycles. The molecule has 2 fully saturated rings. The largest absolute Gasteiger partial charge is 0.490 e. The number of nitrogens with zero attached hydrogens (tertiary/aromatic N) is 1. The summed E-state index contributed by atoms with van der Waals surface area (Å²) < 4.78 is 10.5. The minimum absolute atomic E-state index is 0.204. The van der Waals surface area contributed by atoms with Crippen molar-refractivity contribution in [3.05, 3.63) is 28.8 Å². The lowest BCUT2D eigenvalue weighted by Crippen LogP contribution is -2.41. The highest BCUT2D eigenvalue weighted by Crippen LogP contribution is 2.32. The van der Waals surface area contributed by atoms with Crippen molar-refractivity contribution < 1.29 is 14.3 Å². The van der Waals surface area contributed by atoms with Crippen molar-refractivity contribution >= 4 is 17.7 Å². The summed E-state index contributed by atoms with van der Waals surface area (Å²) in [6.07, 6.45) is 4.28. The van der Waals surface area contributed by atoms with Gasteiger partial charge in [-0.15, -0.1) is 0 Å². The number of nitrogens with one attached hydrogen (secondary N) is 1. The molecule has 1 amide bonds. The third-order valence-corrected chi connectivity index (χ3v) is 5.18.